The van der Waals surface area contributed by atoms with Gasteiger partial charge in [-0.2, -0.15) is 4.31 Å². The van der Waals surface area contributed by atoms with Gasteiger partial charge in [-0.25, -0.2) is 13.4 Å². The molecule has 0 unspecified atom stereocenters. The van der Waals surface area contributed by atoms with Crippen LogP contribution in [0.2, 0.25) is 0 Å². The van der Waals surface area contributed by atoms with Crippen LogP contribution in [0, 0.1) is 0 Å². The van der Waals surface area contributed by atoms with E-state index in [-0.39, 0.29) is 16.4 Å². The van der Waals surface area contributed by atoms with Gasteiger partial charge < -0.3 is 9.47 Å². The van der Waals surface area contributed by atoms with Crippen LogP contribution in [-0.4, -0.2) is 55.5 Å². The van der Waals surface area contributed by atoms with Crippen molar-refractivity contribution in [3.63, 3.8) is 0 Å². The summed E-state index contributed by atoms with van der Waals surface area (Å²) in [6.07, 6.45) is 3.15. The number of fused-ring (bicyclic) bond motifs is 1. The van der Waals surface area contributed by atoms with E-state index in [0.717, 1.165) is 12.8 Å². The third-order valence-corrected chi connectivity index (χ3v) is 7.45. The number of hydrogen-bond acceptors (Lipinski definition) is 7. The first-order valence-electron chi connectivity index (χ1n) is 9.06. The Kier molecular flexibility index (Phi) is 5.56. The number of nitrogens with zero attached hydrogens (tertiary/aromatic N) is 2. The topological polar surface area (TPSA) is 85.8 Å². The van der Waals surface area contributed by atoms with Gasteiger partial charge >= 0.3 is 0 Å². The Morgan fingerprint density at radius 3 is 2.54 bits per heavy atom. The third-order valence-electron chi connectivity index (χ3n) is 4.63. The molecule has 0 atom stereocenters. The molecule has 1 saturated heterocycles. The van der Waals surface area contributed by atoms with Gasteiger partial charge in [0.1, 0.15) is 18.1 Å². The molecule has 4 rings (SSSR count). The number of pyridine rings is 1. The Hall–Kier alpha value is -2.10. The number of carbonyl (C=O) groups is 1. The molecule has 0 bridgehead atoms. The van der Waals surface area contributed by atoms with E-state index in [1.165, 1.54) is 22.3 Å². The molecule has 3 heterocycles. The average Bonchev–Trinajstić information content (AvgIpc) is 3.28. The van der Waals surface area contributed by atoms with Crippen molar-refractivity contribution >= 4 is 27.6 Å². The zero-order valence-corrected chi connectivity index (χ0v) is 16.8. The van der Waals surface area contributed by atoms with E-state index in [0.29, 0.717) is 48.4 Å². The van der Waals surface area contributed by atoms with Crippen LogP contribution in [0.1, 0.15) is 23.2 Å². The van der Waals surface area contributed by atoms with Gasteiger partial charge in [0.2, 0.25) is 10.0 Å². The summed E-state index contributed by atoms with van der Waals surface area (Å²) in [4.78, 5) is 16.9. The van der Waals surface area contributed by atoms with Crippen molar-refractivity contribution in [3.05, 3.63) is 42.1 Å². The van der Waals surface area contributed by atoms with Crippen LogP contribution in [0.15, 0.2) is 46.5 Å². The Morgan fingerprint density at radius 1 is 1.07 bits per heavy atom. The van der Waals surface area contributed by atoms with Crippen LogP contribution < -0.4 is 9.47 Å². The van der Waals surface area contributed by atoms with E-state index in [4.69, 9.17) is 9.47 Å². The van der Waals surface area contributed by atoms with E-state index in [1.807, 2.05) is 0 Å². The van der Waals surface area contributed by atoms with Gasteiger partial charge in [-0.05, 0) is 43.2 Å². The molecule has 0 aliphatic carbocycles. The predicted molar refractivity (Wildman–Crippen MR) is 105 cm³/mol. The molecule has 0 saturated carbocycles. The van der Waals surface area contributed by atoms with Gasteiger partial charge in [0.15, 0.2) is 17.3 Å². The molecule has 0 spiro atoms. The largest absolute Gasteiger partial charge is 0.486 e. The standard InChI is InChI=1S/C19H20N2O5S2/c22-16(14-3-5-17-18(11-14)26-10-9-25-17)13-27-19-6-4-15(12-20-19)28(23,24)21-7-1-2-8-21/h3-6,11-12H,1-2,7-10,13H2. The average molecular weight is 421 g/mol. The third kappa shape index (κ3) is 4.01. The molecular weight excluding hydrogens is 400 g/mol. The zero-order chi connectivity index (χ0) is 19.6. The number of benzene rings is 1. The molecule has 2 aliphatic rings. The number of thioether (sulfide) groups is 1. The number of ether oxygens (including phenoxy) is 2. The molecule has 2 aromatic rings. The molecular formula is C19H20N2O5S2. The van der Waals surface area contributed by atoms with E-state index < -0.39 is 10.0 Å². The van der Waals surface area contributed by atoms with Gasteiger partial charge in [-0.1, -0.05) is 11.8 Å². The number of ketones is 1. The second-order valence-electron chi connectivity index (χ2n) is 6.51. The van der Waals surface area contributed by atoms with Gasteiger partial charge in [-0.3, -0.25) is 4.79 Å². The Bertz CT molecular complexity index is 970. The van der Waals surface area contributed by atoms with Crippen molar-refractivity contribution in [3.8, 4) is 11.5 Å². The number of carbonyl (C=O) groups excluding carboxylic acids is 1. The fraction of sp³-hybridized carbons (Fsp3) is 0.368. The maximum absolute atomic E-state index is 12.5. The highest BCUT2D eigenvalue weighted by molar-refractivity contribution is 7.99. The number of rotatable bonds is 6. The summed E-state index contributed by atoms with van der Waals surface area (Å²) in [7, 11) is -3.47. The van der Waals surface area contributed by atoms with Gasteiger partial charge in [0, 0.05) is 24.8 Å². The molecule has 0 amide bonds. The number of aromatic nitrogens is 1. The van der Waals surface area contributed by atoms with Crippen LogP contribution in [0.4, 0.5) is 0 Å². The molecule has 1 aromatic carbocycles. The summed E-state index contributed by atoms with van der Waals surface area (Å²) in [6.45, 7) is 2.09. The Morgan fingerprint density at radius 2 is 1.82 bits per heavy atom. The van der Waals surface area contributed by atoms with Gasteiger partial charge in [0.25, 0.3) is 0 Å². The van der Waals surface area contributed by atoms with E-state index in [9.17, 15) is 13.2 Å². The summed E-state index contributed by atoms with van der Waals surface area (Å²) in [6, 6.07) is 8.34. The predicted octanol–water partition coefficient (Wildman–Crippen LogP) is 2.61. The van der Waals surface area contributed by atoms with Crippen LogP contribution >= 0.6 is 11.8 Å². The van der Waals surface area contributed by atoms with Crippen molar-refractivity contribution in [2.75, 3.05) is 32.1 Å². The second-order valence-corrected chi connectivity index (χ2v) is 9.45. The van der Waals surface area contributed by atoms with Crippen LogP contribution in [-0.2, 0) is 10.0 Å². The van der Waals surface area contributed by atoms with Crippen molar-refractivity contribution in [1.29, 1.82) is 0 Å². The van der Waals surface area contributed by atoms with E-state index >= 15 is 0 Å². The number of Topliss-reactive ketones (excluding diaryl/α,β-unsaturated/α-hetero) is 1. The Balaban J connectivity index is 1.39. The zero-order valence-electron chi connectivity index (χ0n) is 15.2. The quantitative estimate of drug-likeness (QED) is 0.524. The van der Waals surface area contributed by atoms with Crippen molar-refractivity contribution in [2.24, 2.45) is 0 Å². The van der Waals surface area contributed by atoms with Crippen molar-refractivity contribution in [2.45, 2.75) is 22.8 Å². The van der Waals surface area contributed by atoms with Crippen LogP contribution in [0.5, 0.6) is 11.5 Å². The maximum atomic E-state index is 12.5. The monoisotopic (exact) mass is 420 g/mol. The van der Waals surface area contributed by atoms with E-state index in [1.54, 1.807) is 30.3 Å². The summed E-state index contributed by atoms with van der Waals surface area (Å²) >= 11 is 1.27. The number of hydrogen-bond donors (Lipinski definition) is 0. The lowest BCUT2D eigenvalue weighted by Crippen LogP contribution is -2.27. The highest BCUT2D eigenvalue weighted by Gasteiger charge is 2.27. The van der Waals surface area contributed by atoms with Gasteiger partial charge in [-0.15, -0.1) is 0 Å². The fourth-order valence-corrected chi connectivity index (χ4v) is 5.32. The molecule has 1 aromatic heterocycles. The molecule has 148 valence electrons. The fourth-order valence-electron chi connectivity index (χ4n) is 3.12. The highest BCUT2D eigenvalue weighted by Crippen LogP contribution is 2.31. The minimum Gasteiger partial charge on any atom is -0.486 e. The number of sulfonamides is 1. The lowest BCUT2D eigenvalue weighted by atomic mass is 10.1. The van der Waals surface area contributed by atoms with Crippen LogP contribution in [0.25, 0.3) is 0 Å². The highest BCUT2D eigenvalue weighted by atomic mass is 32.2. The molecule has 1 fully saturated rings. The SMILES string of the molecule is O=C(CSc1ccc(S(=O)(=O)N2CCCC2)cn1)c1ccc2c(c1)OCCO2. The van der Waals surface area contributed by atoms with Crippen molar-refractivity contribution in [1.82, 2.24) is 9.29 Å². The lowest BCUT2D eigenvalue weighted by Gasteiger charge is -2.18. The van der Waals surface area contributed by atoms with Gasteiger partial charge in [0.05, 0.1) is 10.8 Å². The summed E-state index contributed by atoms with van der Waals surface area (Å²) in [5.41, 5.74) is 0.546. The minimum absolute atomic E-state index is 0.0578. The Labute approximate surface area is 168 Å². The first-order valence-corrected chi connectivity index (χ1v) is 11.5. The summed E-state index contributed by atoms with van der Waals surface area (Å²) in [5.74, 6) is 1.37. The smallest absolute Gasteiger partial charge is 0.244 e. The molecule has 7 nitrogen and oxygen atoms in total. The second kappa shape index (κ2) is 8.10. The first kappa shape index (κ1) is 19.2. The summed E-state index contributed by atoms with van der Waals surface area (Å²) < 4.78 is 37.5. The molecule has 0 radical (unpaired) electrons. The lowest BCUT2D eigenvalue weighted by molar-refractivity contribution is 0.102. The molecule has 28 heavy (non-hydrogen) atoms. The summed E-state index contributed by atoms with van der Waals surface area (Å²) in [5, 5.41) is 0.603. The molecule has 0 N–H and O–H groups in total. The first-order chi connectivity index (χ1) is 13.5. The molecule has 2 aliphatic heterocycles. The van der Waals surface area contributed by atoms with E-state index in [2.05, 4.69) is 4.98 Å². The van der Waals surface area contributed by atoms with Crippen molar-refractivity contribution < 1.29 is 22.7 Å². The van der Waals surface area contributed by atoms with Crippen LogP contribution in [0.3, 0.4) is 0 Å². The maximum Gasteiger partial charge on any atom is 0.244 e. The minimum atomic E-state index is -3.47. The molecule has 9 heteroatoms. The normalized spacial score (nSPS) is 16.9.